The molecule has 0 rings (SSSR count). The van der Waals surface area contributed by atoms with Gasteiger partial charge in [-0.1, -0.05) is 78.1 Å². The Bertz CT molecular complexity index is 549. The van der Waals surface area contributed by atoms with Crippen LogP contribution < -0.4 is 80.0 Å². The predicted octanol–water partition coefficient (Wildman–Crippen LogP) is -3.97. The van der Waals surface area contributed by atoms with Crippen LogP contribution in [0.25, 0.3) is 0 Å². The molecule has 0 bridgehead atoms. The summed E-state index contributed by atoms with van der Waals surface area (Å²) in [5.41, 5.74) is 0. The molecule has 0 spiro atoms. The van der Waals surface area contributed by atoms with E-state index < -0.39 is 11.9 Å². The number of rotatable bonds is 26. The number of carbonyl (C=O) groups excluding carboxylic acids is 4. The molecule has 0 saturated carbocycles. The number of carboxylic acid groups (broad SMARTS) is 2. The second-order valence-electron chi connectivity index (χ2n) is 9.22. The molecule has 0 heterocycles. The van der Waals surface area contributed by atoms with Gasteiger partial charge in [0.15, 0.2) is 0 Å². The van der Waals surface area contributed by atoms with E-state index in [1.165, 1.54) is 51.4 Å². The van der Waals surface area contributed by atoms with Crippen LogP contribution in [0, 0.1) is 0 Å². The van der Waals surface area contributed by atoms with Gasteiger partial charge in [0.25, 0.3) is 0 Å². The summed E-state index contributed by atoms with van der Waals surface area (Å²) in [7, 11) is 0. The minimum atomic E-state index is -1.09. The van der Waals surface area contributed by atoms with E-state index in [2.05, 4.69) is 24.5 Å². The molecule has 0 aromatic carbocycles. The molecular weight excluding hydrogens is 538 g/mol. The second kappa shape index (κ2) is 38.8. The van der Waals surface area contributed by atoms with Gasteiger partial charge in [-0.15, -0.1) is 0 Å². The van der Waals surface area contributed by atoms with Gasteiger partial charge in [-0.25, -0.2) is 0 Å². The molecule has 0 amide bonds. The van der Waals surface area contributed by atoms with Crippen molar-refractivity contribution in [3.05, 3.63) is 0 Å². The number of aliphatic carboxylic acids is 2. The Kier molecular flexibility index (Phi) is 45.3. The van der Waals surface area contributed by atoms with Crippen LogP contribution in [-0.4, -0.2) is 63.3 Å². The SMILES string of the molecule is CCCCCCCCOC(=O)CCNCCC(=O)[O-].CCCCCCCCOC(=O)CCNCCC(=O)[O-].[Na+].[Na+]. The third-order valence-corrected chi connectivity index (χ3v) is 5.55. The van der Waals surface area contributed by atoms with E-state index in [4.69, 9.17) is 9.47 Å². The van der Waals surface area contributed by atoms with Crippen LogP contribution >= 0.6 is 0 Å². The van der Waals surface area contributed by atoms with Crippen molar-refractivity contribution in [3.63, 3.8) is 0 Å². The van der Waals surface area contributed by atoms with Crippen molar-refractivity contribution in [2.24, 2.45) is 0 Å². The molecule has 0 unspecified atom stereocenters. The number of carbonyl (C=O) groups is 4. The number of ether oxygens (including phenoxy) is 2. The Labute approximate surface area is 286 Å². The Morgan fingerprint density at radius 3 is 1.12 bits per heavy atom. The van der Waals surface area contributed by atoms with Crippen LogP contribution in [0.4, 0.5) is 0 Å². The molecule has 0 saturated heterocycles. The van der Waals surface area contributed by atoms with Gasteiger partial charge in [-0.2, -0.15) is 0 Å². The van der Waals surface area contributed by atoms with Gasteiger partial charge in [-0.3, -0.25) is 9.59 Å². The minimum Gasteiger partial charge on any atom is -0.550 e. The van der Waals surface area contributed by atoms with E-state index in [0.717, 1.165) is 25.7 Å². The average Bonchev–Trinajstić information content (AvgIpc) is 2.87. The largest absolute Gasteiger partial charge is 1.00 e. The number of unbranched alkanes of at least 4 members (excludes halogenated alkanes) is 10. The van der Waals surface area contributed by atoms with Crippen LogP contribution in [-0.2, 0) is 28.7 Å². The van der Waals surface area contributed by atoms with Gasteiger partial charge >= 0.3 is 71.1 Å². The van der Waals surface area contributed by atoms with Crippen molar-refractivity contribution in [1.29, 1.82) is 0 Å². The first-order chi connectivity index (χ1) is 18.3. The summed E-state index contributed by atoms with van der Waals surface area (Å²) in [6.45, 7) is 6.89. The Morgan fingerprint density at radius 2 is 0.800 bits per heavy atom. The van der Waals surface area contributed by atoms with Gasteiger partial charge in [0.05, 0.1) is 26.1 Å². The zero-order valence-corrected chi connectivity index (χ0v) is 29.8. The summed E-state index contributed by atoms with van der Waals surface area (Å²) in [5, 5.41) is 25.9. The maximum Gasteiger partial charge on any atom is 1.00 e. The maximum absolute atomic E-state index is 11.3. The summed E-state index contributed by atoms with van der Waals surface area (Å²) in [6.07, 6.45) is 14.5. The zero-order valence-electron chi connectivity index (χ0n) is 25.8. The van der Waals surface area contributed by atoms with Crippen LogP contribution in [0.2, 0.25) is 0 Å². The van der Waals surface area contributed by atoms with Gasteiger partial charge in [0.1, 0.15) is 0 Å². The zero-order chi connectivity index (χ0) is 28.7. The van der Waals surface area contributed by atoms with Crippen LogP contribution in [0.15, 0.2) is 0 Å². The van der Waals surface area contributed by atoms with Gasteiger partial charge in [0, 0.05) is 38.1 Å². The van der Waals surface area contributed by atoms with Crippen molar-refractivity contribution in [2.45, 2.75) is 117 Å². The molecule has 40 heavy (non-hydrogen) atoms. The molecule has 0 aliphatic carbocycles. The van der Waals surface area contributed by atoms with Crippen molar-refractivity contribution >= 4 is 23.9 Å². The van der Waals surface area contributed by atoms with E-state index in [1.807, 2.05) is 0 Å². The molecule has 0 aromatic heterocycles. The molecular formula is C28H52N2Na2O8. The third kappa shape index (κ3) is 44.8. The Hall–Kier alpha value is -0.200. The number of nitrogens with one attached hydrogen (secondary N) is 2. The quantitative estimate of drug-likeness (QED) is 0.0579. The van der Waals surface area contributed by atoms with Crippen LogP contribution in [0.3, 0.4) is 0 Å². The first-order valence-electron chi connectivity index (χ1n) is 14.5. The average molecular weight is 591 g/mol. The first-order valence-corrected chi connectivity index (χ1v) is 14.5. The molecule has 224 valence electrons. The van der Waals surface area contributed by atoms with Gasteiger partial charge < -0.3 is 39.9 Å². The van der Waals surface area contributed by atoms with Crippen molar-refractivity contribution in [3.8, 4) is 0 Å². The standard InChI is InChI=1S/2C14H27NO4.2Na/c2*1-2-3-4-5-6-7-12-19-14(18)9-11-15-10-8-13(16)17;;/h2*15H,2-12H2,1H3,(H,16,17);;/q;;2*+1/p-2. The second-order valence-corrected chi connectivity index (χ2v) is 9.22. The van der Waals surface area contributed by atoms with Crippen molar-refractivity contribution in [1.82, 2.24) is 10.6 Å². The fourth-order valence-corrected chi connectivity index (χ4v) is 3.29. The number of hydrogen-bond acceptors (Lipinski definition) is 10. The molecule has 0 radical (unpaired) electrons. The van der Waals surface area contributed by atoms with E-state index in [-0.39, 0.29) is 96.7 Å². The predicted molar refractivity (Wildman–Crippen MR) is 143 cm³/mol. The molecule has 0 atom stereocenters. The molecule has 10 nitrogen and oxygen atoms in total. The van der Waals surface area contributed by atoms with Gasteiger partial charge in [-0.05, 0) is 25.7 Å². The summed E-state index contributed by atoms with van der Waals surface area (Å²) < 4.78 is 10.1. The minimum absolute atomic E-state index is 0. The fourth-order valence-electron chi connectivity index (χ4n) is 3.29. The van der Waals surface area contributed by atoms with E-state index in [0.29, 0.717) is 39.4 Å². The Morgan fingerprint density at radius 1 is 0.500 bits per heavy atom. The monoisotopic (exact) mass is 590 g/mol. The third-order valence-electron chi connectivity index (χ3n) is 5.55. The number of hydrogen-bond donors (Lipinski definition) is 2. The molecule has 0 aliphatic rings. The molecule has 0 fully saturated rings. The topological polar surface area (TPSA) is 157 Å². The number of esters is 2. The summed E-state index contributed by atoms with van der Waals surface area (Å²) in [5.74, 6) is -2.62. The first kappa shape index (κ1) is 46.7. The van der Waals surface area contributed by atoms with Crippen LogP contribution in [0.5, 0.6) is 0 Å². The van der Waals surface area contributed by atoms with Crippen molar-refractivity contribution in [2.75, 3.05) is 39.4 Å². The van der Waals surface area contributed by atoms with E-state index in [1.54, 1.807) is 0 Å². The maximum atomic E-state index is 11.3. The fraction of sp³-hybridized carbons (Fsp3) is 0.857. The Balaban J connectivity index is -0.000000309. The summed E-state index contributed by atoms with van der Waals surface area (Å²) >= 11 is 0. The van der Waals surface area contributed by atoms with E-state index >= 15 is 0 Å². The summed E-state index contributed by atoms with van der Waals surface area (Å²) in [6, 6.07) is 0. The summed E-state index contributed by atoms with van der Waals surface area (Å²) in [4.78, 5) is 42.8. The van der Waals surface area contributed by atoms with Gasteiger partial charge in [0.2, 0.25) is 0 Å². The molecule has 12 heteroatoms. The van der Waals surface area contributed by atoms with Crippen LogP contribution in [0.1, 0.15) is 117 Å². The van der Waals surface area contributed by atoms with E-state index in [9.17, 15) is 29.4 Å². The van der Waals surface area contributed by atoms with Crippen molar-refractivity contribution < 1.29 is 98.0 Å². The smallest absolute Gasteiger partial charge is 0.550 e. The normalized spacial score (nSPS) is 9.85. The molecule has 2 N–H and O–H groups in total. The molecule has 0 aliphatic heterocycles. The molecule has 0 aromatic rings. The number of carboxylic acids is 2.